The van der Waals surface area contributed by atoms with E-state index in [1.54, 1.807) is 17.0 Å². The second kappa shape index (κ2) is 13.0. The van der Waals surface area contributed by atoms with Crippen molar-refractivity contribution in [1.82, 2.24) is 10.2 Å². The Morgan fingerprint density at radius 1 is 0.919 bits per heavy atom. The number of benzene rings is 3. The summed E-state index contributed by atoms with van der Waals surface area (Å²) < 4.78 is 6.01. The van der Waals surface area contributed by atoms with Crippen molar-refractivity contribution in [1.29, 1.82) is 0 Å². The van der Waals surface area contributed by atoms with E-state index in [9.17, 15) is 9.59 Å². The van der Waals surface area contributed by atoms with Gasteiger partial charge in [-0.05, 0) is 80.6 Å². The monoisotopic (exact) mass is 540 g/mol. The van der Waals surface area contributed by atoms with Gasteiger partial charge in [0.1, 0.15) is 11.8 Å². The first kappa shape index (κ1) is 28.5. The molecule has 5 nitrogen and oxygen atoms in total. The van der Waals surface area contributed by atoms with Gasteiger partial charge >= 0.3 is 0 Å². The molecule has 0 bridgehead atoms. The van der Waals surface area contributed by atoms with Crippen molar-refractivity contribution in [3.63, 3.8) is 0 Å². The van der Waals surface area contributed by atoms with Crippen LogP contribution in [-0.2, 0) is 22.6 Å². The Morgan fingerprint density at radius 3 is 2.27 bits per heavy atom. The summed E-state index contributed by atoms with van der Waals surface area (Å²) in [5.74, 6) is 0.130. The number of hydrogen-bond acceptors (Lipinski definition) is 3. The van der Waals surface area contributed by atoms with Gasteiger partial charge in [-0.15, -0.1) is 0 Å². The highest BCUT2D eigenvalue weighted by Gasteiger charge is 2.31. The average molecular weight is 542 g/mol. The molecule has 0 aliphatic rings. The highest BCUT2D eigenvalue weighted by Crippen LogP contribution is 2.26. The zero-order valence-corrected chi connectivity index (χ0v) is 23.5. The van der Waals surface area contributed by atoms with Gasteiger partial charge in [-0.2, -0.15) is 0 Å². The molecule has 0 fully saturated rings. The molecule has 0 unspecified atom stereocenters. The molecule has 1 atom stereocenters. The van der Waals surface area contributed by atoms with E-state index in [1.165, 1.54) is 0 Å². The minimum atomic E-state index is -0.754. The van der Waals surface area contributed by atoms with Crippen molar-refractivity contribution in [3.8, 4) is 5.75 Å². The van der Waals surface area contributed by atoms with E-state index in [2.05, 4.69) is 11.4 Å². The molecule has 0 spiro atoms. The van der Waals surface area contributed by atoms with Crippen LogP contribution in [0.1, 0.15) is 41.7 Å². The number of nitrogens with one attached hydrogen (secondary N) is 1. The minimum absolute atomic E-state index is 0.0816. The lowest BCUT2D eigenvalue weighted by atomic mass is 10.0. The summed E-state index contributed by atoms with van der Waals surface area (Å²) in [5.41, 5.74) is 4.84. The summed E-state index contributed by atoms with van der Waals surface area (Å²) in [7, 11) is 0. The number of ether oxygens (including phenoxy) is 1. The molecule has 0 radical (unpaired) electrons. The molecule has 2 amide bonds. The number of halogens is 2. The molecule has 0 aromatic heterocycles. The maximum Gasteiger partial charge on any atom is 0.261 e. The van der Waals surface area contributed by atoms with E-state index >= 15 is 0 Å². The second-order valence-corrected chi connectivity index (χ2v) is 10.4. The van der Waals surface area contributed by atoms with Crippen molar-refractivity contribution in [2.45, 2.75) is 59.7 Å². The lowest BCUT2D eigenvalue weighted by molar-refractivity contribution is -0.143. The van der Waals surface area contributed by atoms with Crippen LogP contribution in [0.2, 0.25) is 10.0 Å². The Balaban J connectivity index is 1.96. The number of nitrogens with zero attached hydrogens (tertiary/aromatic N) is 1. The van der Waals surface area contributed by atoms with Gasteiger partial charge in [0.05, 0.1) is 10.0 Å². The molecule has 7 heteroatoms. The van der Waals surface area contributed by atoms with Crippen molar-refractivity contribution < 1.29 is 14.3 Å². The second-order valence-electron chi connectivity index (χ2n) is 9.63. The average Bonchev–Trinajstić information content (AvgIpc) is 2.84. The first-order valence-electron chi connectivity index (χ1n) is 12.3. The first-order chi connectivity index (χ1) is 17.5. The number of rotatable bonds is 10. The highest BCUT2D eigenvalue weighted by atomic mass is 35.5. The van der Waals surface area contributed by atoms with E-state index in [0.29, 0.717) is 22.2 Å². The lowest BCUT2D eigenvalue weighted by Crippen LogP contribution is -2.52. The maximum atomic E-state index is 13.7. The fourth-order valence-electron chi connectivity index (χ4n) is 4.14. The molecule has 3 aromatic carbocycles. The standard InChI is InChI=1S/C30H34Cl2N2O3/c1-19(2)33-30(36)27(16-23-9-7-6-8-10-23)34(17-24-11-12-25(31)26(32)15-24)29(35)18-37-28-14-20(3)13-21(4)22(28)5/h6-15,19,27H,16-18H2,1-5H3,(H,33,36)/t27-/m1/s1. The molecule has 0 heterocycles. The van der Waals surface area contributed by atoms with Crippen molar-refractivity contribution >= 4 is 35.0 Å². The number of hydrogen-bond donors (Lipinski definition) is 1. The summed E-state index contributed by atoms with van der Waals surface area (Å²) >= 11 is 12.4. The van der Waals surface area contributed by atoms with Crippen LogP contribution in [0.4, 0.5) is 0 Å². The molecular weight excluding hydrogens is 507 g/mol. The van der Waals surface area contributed by atoms with Gasteiger partial charge in [0.15, 0.2) is 6.61 Å². The molecule has 196 valence electrons. The summed E-state index contributed by atoms with van der Waals surface area (Å²) in [6.45, 7) is 9.74. The fourth-order valence-corrected chi connectivity index (χ4v) is 4.46. The van der Waals surface area contributed by atoms with Crippen LogP contribution in [0.15, 0.2) is 60.7 Å². The number of amides is 2. The first-order valence-corrected chi connectivity index (χ1v) is 13.1. The number of aryl methyl sites for hydroxylation is 2. The van der Waals surface area contributed by atoms with Gasteiger partial charge in [-0.25, -0.2) is 0 Å². The molecule has 0 saturated heterocycles. The van der Waals surface area contributed by atoms with Crippen LogP contribution in [0.25, 0.3) is 0 Å². The zero-order chi connectivity index (χ0) is 27.1. The van der Waals surface area contributed by atoms with Crippen LogP contribution in [-0.4, -0.2) is 35.4 Å². The third kappa shape index (κ3) is 7.98. The fraction of sp³-hybridized carbons (Fsp3) is 0.333. The van der Waals surface area contributed by atoms with Crippen molar-refractivity contribution in [3.05, 3.63) is 98.5 Å². The predicted octanol–water partition coefficient (Wildman–Crippen LogP) is 6.46. The van der Waals surface area contributed by atoms with E-state index in [0.717, 1.165) is 27.8 Å². The Kier molecular flexibility index (Phi) is 10.0. The predicted molar refractivity (Wildman–Crippen MR) is 150 cm³/mol. The lowest BCUT2D eigenvalue weighted by Gasteiger charge is -2.32. The smallest absolute Gasteiger partial charge is 0.261 e. The summed E-state index contributed by atoms with van der Waals surface area (Å²) in [6, 6.07) is 18.1. The molecule has 0 saturated carbocycles. The van der Waals surface area contributed by atoms with Gasteiger partial charge in [0.2, 0.25) is 5.91 Å². The van der Waals surface area contributed by atoms with Crippen LogP contribution in [0.3, 0.4) is 0 Å². The molecule has 0 aliphatic carbocycles. The molecule has 3 aromatic rings. The SMILES string of the molecule is Cc1cc(C)c(C)c(OCC(=O)N(Cc2ccc(Cl)c(Cl)c2)[C@H](Cc2ccccc2)C(=O)NC(C)C)c1. The van der Waals surface area contributed by atoms with Gasteiger partial charge in [0, 0.05) is 19.0 Å². The van der Waals surface area contributed by atoms with Crippen LogP contribution in [0.5, 0.6) is 5.75 Å². The van der Waals surface area contributed by atoms with Gasteiger partial charge in [0.25, 0.3) is 5.91 Å². The minimum Gasteiger partial charge on any atom is -0.483 e. The van der Waals surface area contributed by atoms with E-state index in [4.69, 9.17) is 27.9 Å². The Labute approximate surface area is 229 Å². The largest absolute Gasteiger partial charge is 0.483 e. The normalized spacial score (nSPS) is 11.8. The summed E-state index contributed by atoms with van der Waals surface area (Å²) in [4.78, 5) is 28.7. The maximum absolute atomic E-state index is 13.7. The van der Waals surface area contributed by atoms with Crippen LogP contribution < -0.4 is 10.1 Å². The third-order valence-electron chi connectivity index (χ3n) is 6.15. The molecule has 1 N–H and O–H groups in total. The zero-order valence-electron chi connectivity index (χ0n) is 22.0. The molecule has 0 aliphatic heterocycles. The number of carbonyl (C=O) groups excluding carboxylic acids is 2. The van der Waals surface area contributed by atoms with Crippen LogP contribution >= 0.6 is 23.2 Å². The molecule has 3 rings (SSSR count). The Morgan fingerprint density at radius 2 is 1.62 bits per heavy atom. The van der Waals surface area contributed by atoms with Gasteiger partial charge in [-0.3, -0.25) is 9.59 Å². The summed E-state index contributed by atoms with van der Waals surface area (Å²) in [5, 5.41) is 3.80. The summed E-state index contributed by atoms with van der Waals surface area (Å²) in [6.07, 6.45) is 0.356. The quantitative estimate of drug-likeness (QED) is 0.321. The van der Waals surface area contributed by atoms with E-state index in [-0.39, 0.29) is 31.0 Å². The molecule has 37 heavy (non-hydrogen) atoms. The van der Waals surface area contributed by atoms with Gasteiger partial charge in [-0.1, -0.05) is 65.7 Å². The third-order valence-corrected chi connectivity index (χ3v) is 6.89. The van der Waals surface area contributed by atoms with Crippen molar-refractivity contribution in [2.24, 2.45) is 0 Å². The Hall–Kier alpha value is -3.02. The van der Waals surface area contributed by atoms with Crippen molar-refractivity contribution in [2.75, 3.05) is 6.61 Å². The van der Waals surface area contributed by atoms with E-state index in [1.807, 2.05) is 77.1 Å². The van der Waals surface area contributed by atoms with Crippen LogP contribution in [0, 0.1) is 20.8 Å². The molecular formula is C30H34Cl2N2O3. The Bertz CT molecular complexity index is 1250. The number of carbonyl (C=O) groups is 2. The topological polar surface area (TPSA) is 58.6 Å². The van der Waals surface area contributed by atoms with E-state index < -0.39 is 6.04 Å². The highest BCUT2D eigenvalue weighted by molar-refractivity contribution is 6.42. The van der Waals surface area contributed by atoms with Gasteiger partial charge < -0.3 is 15.0 Å².